The normalized spacial score (nSPS) is 22.5. The molecule has 4 heteroatoms. The minimum Gasteiger partial charge on any atom is -0.338 e. The van der Waals surface area contributed by atoms with Gasteiger partial charge in [-0.1, -0.05) is 6.07 Å². The summed E-state index contributed by atoms with van der Waals surface area (Å²) in [6, 6.07) is 4.15. The molecule has 1 aliphatic rings. The van der Waals surface area contributed by atoms with Crippen molar-refractivity contribution < 1.29 is 4.79 Å². The highest BCUT2D eigenvalue weighted by atomic mass is 16.2. The second kappa shape index (κ2) is 4.61. The average molecular weight is 219 g/mol. The fraction of sp³-hybridized carbons (Fsp3) is 0.500. The highest BCUT2D eigenvalue weighted by Crippen LogP contribution is 2.15. The Labute approximate surface area is 95.5 Å². The molecule has 0 bridgehead atoms. The molecule has 1 amide bonds. The molecule has 2 unspecified atom stereocenters. The minimum atomic E-state index is 0.00356. The monoisotopic (exact) mass is 219 g/mol. The van der Waals surface area contributed by atoms with Crippen molar-refractivity contribution in [2.24, 2.45) is 5.73 Å². The largest absolute Gasteiger partial charge is 0.338 e. The first kappa shape index (κ1) is 11.1. The van der Waals surface area contributed by atoms with Crippen molar-refractivity contribution in [1.29, 1.82) is 0 Å². The number of amides is 1. The van der Waals surface area contributed by atoms with E-state index in [1.807, 2.05) is 23.2 Å². The fourth-order valence-corrected chi connectivity index (χ4v) is 2.16. The number of nitrogens with two attached hydrogens (primary N) is 1. The van der Waals surface area contributed by atoms with Crippen LogP contribution >= 0.6 is 0 Å². The fourth-order valence-electron chi connectivity index (χ4n) is 2.16. The molecule has 1 aliphatic heterocycles. The van der Waals surface area contributed by atoms with Gasteiger partial charge < -0.3 is 10.6 Å². The minimum absolute atomic E-state index is 0.00356. The Morgan fingerprint density at radius 2 is 2.50 bits per heavy atom. The van der Waals surface area contributed by atoms with Gasteiger partial charge in [0.25, 0.3) is 0 Å². The number of rotatable bonds is 3. The molecule has 0 aromatic carbocycles. The lowest BCUT2D eigenvalue weighted by Gasteiger charge is -2.24. The predicted molar refractivity (Wildman–Crippen MR) is 61.7 cm³/mol. The highest BCUT2D eigenvalue weighted by molar-refractivity contribution is 5.79. The first-order valence-corrected chi connectivity index (χ1v) is 5.61. The predicted octanol–water partition coefficient (Wildman–Crippen LogP) is 0.572. The summed E-state index contributed by atoms with van der Waals surface area (Å²) in [4.78, 5) is 17.6. The number of aromatic nitrogens is 1. The summed E-state index contributed by atoms with van der Waals surface area (Å²) < 4.78 is 0. The summed E-state index contributed by atoms with van der Waals surface area (Å²) in [5, 5.41) is 0. The SMILES string of the molecule is CC(Cc1cccnc1)N1CC(N)CC1=O. The van der Waals surface area contributed by atoms with Gasteiger partial charge in [0.1, 0.15) is 0 Å². The van der Waals surface area contributed by atoms with Crippen LogP contribution in [0.1, 0.15) is 18.9 Å². The summed E-state index contributed by atoms with van der Waals surface area (Å²) >= 11 is 0. The number of pyridine rings is 1. The Morgan fingerprint density at radius 3 is 3.06 bits per heavy atom. The van der Waals surface area contributed by atoms with Crippen LogP contribution in [-0.4, -0.2) is 34.4 Å². The van der Waals surface area contributed by atoms with Gasteiger partial charge in [0.05, 0.1) is 0 Å². The number of nitrogens with zero attached hydrogens (tertiary/aromatic N) is 2. The van der Waals surface area contributed by atoms with E-state index < -0.39 is 0 Å². The van der Waals surface area contributed by atoms with Crippen LogP contribution in [-0.2, 0) is 11.2 Å². The molecule has 2 N–H and O–H groups in total. The zero-order valence-electron chi connectivity index (χ0n) is 9.47. The Hall–Kier alpha value is -1.42. The maximum Gasteiger partial charge on any atom is 0.224 e. The summed E-state index contributed by atoms with van der Waals surface area (Å²) in [5.41, 5.74) is 6.93. The topological polar surface area (TPSA) is 59.2 Å². The Bertz CT molecular complexity index is 366. The quantitative estimate of drug-likeness (QED) is 0.808. The van der Waals surface area contributed by atoms with Crippen LogP contribution in [0.2, 0.25) is 0 Å². The summed E-state index contributed by atoms with van der Waals surface area (Å²) in [6.45, 7) is 2.74. The molecule has 2 atom stereocenters. The molecule has 1 saturated heterocycles. The standard InChI is InChI=1S/C12H17N3O/c1-9(5-10-3-2-4-14-7-10)15-8-11(13)6-12(15)16/h2-4,7,9,11H,5-6,8,13H2,1H3. The Balaban J connectivity index is 1.98. The van der Waals surface area contributed by atoms with Crippen LogP contribution in [0.25, 0.3) is 0 Å². The van der Waals surface area contributed by atoms with Crippen molar-refractivity contribution >= 4 is 5.91 Å². The second-order valence-corrected chi connectivity index (χ2v) is 4.42. The van der Waals surface area contributed by atoms with Crippen molar-refractivity contribution in [3.63, 3.8) is 0 Å². The van der Waals surface area contributed by atoms with E-state index in [0.29, 0.717) is 13.0 Å². The van der Waals surface area contributed by atoms with E-state index in [2.05, 4.69) is 11.9 Å². The molecule has 0 spiro atoms. The van der Waals surface area contributed by atoms with E-state index in [9.17, 15) is 4.79 Å². The number of carbonyl (C=O) groups excluding carboxylic acids is 1. The molecule has 2 heterocycles. The van der Waals surface area contributed by atoms with Gasteiger partial charge in [-0.25, -0.2) is 0 Å². The summed E-state index contributed by atoms with van der Waals surface area (Å²) in [6.07, 6.45) is 4.92. The molecular formula is C12H17N3O. The maximum atomic E-state index is 11.6. The van der Waals surface area contributed by atoms with Crippen molar-refractivity contribution in [3.8, 4) is 0 Å². The lowest BCUT2D eigenvalue weighted by molar-refractivity contribution is -0.129. The molecule has 2 rings (SSSR count). The van der Waals surface area contributed by atoms with E-state index in [-0.39, 0.29) is 18.0 Å². The molecule has 1 fully saturated rings. The number of hydrogen-bond acceptors (Lipinski definition) is 3. The van der Waals surface area contributed by atoms with E-state index in [1.165, 1.54) is 0 Å². The molecule has 1 aromatic heterocycles. The van der Waals surface area contributed by atoms with Gasteiger partial charge in [0, 0.05) is 37.4 Å². The lowest BCUT2D eigenvalue weighted by atomic mass is 10.1. The third-order valence-electron chi connectivity index (χ3n) is 2.97. The third kappa shape index (κ3) is 2.39. The molecule has 16 heavy (non-hydrogen) atoms. The van der Waals surface area contributed by atoms with Crippen LogP contribution < -0.4 is 5.73 Å². The second-order valence-electron chi connectivity index (χ2n) is 4.42. The van der Waals surface area contributed by atoms with Crippen molar-refractivity contribution in [3.05, 3.63) is 30.1 Å². The van der Waals surface area contributed by atoms with E-state index >= 15 is 0 Å². The number of carbonyl (C=O) groups is 1. The van der Waals surface area contributed by atoms with Crippen LogP contribution in [0.3, 0.4) is 0 Å². The molecular weight excluding hydrogens is 202 g/mol. The van der Waals surface area contributed by atoms with Crippen LogP contribution in [0.15, 0.2) is 24.5 Å². The van der Waals surface area contributed by atoms with Gasteiger partial charge in [-0.05, 0) is 25.0 Å². The molecule has 86 valence electrons. The van der Waals surface area contributed by atoms with Crippen molar-refractivity contribution in [2.75, 3.05) is 6.54 Å². The average Bonchev–Trinajstić information content (AvgIpc) is 2.59. The first-order chi connectivity index (χ1) is 7.66. The van der Waals surface area contributed by atoms with E-state index in [0.717, 1.165) is 12.0 Å². The number of hydrogen-bond donors (Lipinski definition) is 1. The van der Waals surface area contributed by atoms with Gasteiger partial charge in [-0.2, -0.15) is 0 Å². The number of likely N-dealkylation sites (tertiary alicyclic amines) is 1. The molecule has 1 aromatic rings. The smallest absolute Gasteiger partial charge is 0.224 e. The molecule has 0 saturated carbocycles. The Morgan fingerprint density at radius 1 is 1.69 bits per heavy atom. The van der Waals surface area contributed by atoms with Gasteiger partial charge in [-0.15, -0.1) is 0 Å². The molecule has 0 radical (unpaired) electrons. The zero-order chi connectivity index (χ0) is 11.5. The van der Waals surface area contributed by atoms with Gasteiger partial charge in [-0.3, -0.25) is 9.78 Å². The van der Waals surface area contributed by atoms with E-state index in [4.69, 9.17) is 5.73 Å². The third-order valence-corrected chi connectivity index (χ3v) is 2.97. The van der Waals surface area contributed by atoms with Crippen molar-refractivity contribution in [2.45, 2.75) is 31.8 Å². The van der Waals surface area contributed by atoms with Crippen LogP contribution in [0, 0.1) is 0 Å². The van der Waals surface area contributed by atoms with Crippen LogP contribution in [0.4, 0.5) is 0 Å². The summed E-state index contributed by atoms with van der Waals surface area (Å²) in [5.74, 6) is 0.170. The first-order valence-electron chi connectivity index (χ1n) is 5.61. The molecule has 0 aliphatic carbocycles. The summed E-state index contributed by atoms with van der Waals surface area (Å²) in [7, 11) is 0. The van der Waals surface area contributed by atoms with Crippen LogP contribution in [0.5, 0.6) is 0 Å². The van der Waals surface area contributed by atoms with Gasteiger partial charge in [0.2, 0.25) is 5.91 Å². The highest BCUT2D eigenvalue weighted by Gasteiger charge is 2.30. The Kier molecular flexibility index (Phi) is 3.19. The van der Waals surface area contributed by atoms with Gasteiger partial charge >= 0.3 is 0 Å². The van der Waals surface area contributed by atoms with Crippen molar-refractivity contribution in [1.82, 2.24) is 9.88 Å². The zero-order valence-corrected chi connectivity index (χ0v) is 9.47. The van der Waals surface area contributed by atoms with Gasteiger partial charge in [0.15, 0.2) is 0 Å². The lowest BCUT2D eigenvalue weighted by Crippen LogP contribution is -2.37. The molecule has 4 nitrogen and oxygen atoms in total. The van der Waals surface area contributed by atoms with E-state index in [1.54, 1.807) is 6.20 Å². The maximum absolute atomic E-state index is 11.6.